The number of amides is 2. The summed E-state index contributed by atoms with van der Waals surface area (Å²) < 4.78 is 28.4. The standard InChI is InChI=1S/C16H19N3O5S2/c1-24-8-7-19(13-6-9-26(22,23)10-13)16(21)15(20)18-12-2-4-14(5-3-12)25-11-17/h2-5,13H,6-10H2,1H3,(H,18,20). The molecule has 0 spiro atoms. The van der Waals surface area contributed by atoms with Gasteiger partial charge in [-0.05, 0) is 42.4 Å². The Bertz CT molecular complexity index is 802. The number of hydrogen-bond donors (Lipinski definition) is 1. The van der Waals surface area contributed by atoms with Crippen molar-refractivity contribution in [3.05, 3.63) is 24.3 Å². The van der Waals surface area contributed by atoms with E-state index in [2.05, 4.69) is 5.32 Å². The first-order valence-corrected chi connectivity index (χ1v) is 10.5. The maximum absolute atomic E-state index is 12.5. The molecule has 0 radical (unpaired) electrons. The molecule has 1 aromatic carbocycles. The van der Waals surface area contributed by atoms with Crippen molar-refractivity contribution in [2.45, 2.75) is 17.4 Å². The van der Waals surface area contributed by atoms with Gasteiger partial charge in [0.2, 0.25) is 0 Å². The van der Waals surface area contributed by atoms with Crippen LogP contribution in [0.2, 0.25) is 0 Å². The molecule has 1 fully saturated rings. The maximum Gasteiger partial charge on any atom is 0.313 e. The van der Waals surface area contributed by atoms with Crippen LogP contribution in [0.1, 0.15) is 6.42 Å². The monoisotopic (exact) mass is 397 g/mol. The normalized spacial score (nSPS) is 18.1. The van der Waals surface area contributed by atoms with E-state index in [-0.39, 0.29) is 24.7 Å². The molecule has 2 rings (SSSR count). The smallest absolute Gasteiger partial charge is 0.313 e. The molecule has 0 aliphatic carbocycles. The minimum Gasteiger partial charge on any atom is -0.383 e. The molecule has 0 bridgehead atoms. The molecule has 1 saturated heterocycles. The third kappa shape index (κ3) is 5.45. The summed E-state index contributed by atoms with van der Waals surface area (Å²) >= 11 is 0.987. The number of anilines is 1. The van der Waals surface area contributed by atoms with Gasteiger partial charge in [0.15, 0.2) is 9.84 Å². The highest BCUT2D eigenvalue weighted by molar-refractivity contribution is 8.03. The molecule has 26 heavy (non-hydrogen) atoms. The van der Waals surface area contributed by atoms with Gasteiger partial charge >= 0.3 is 11.8 Å². The molecule has 1 unspecified atom stereocenters. The van der Waals surface area contributed by atoms with Crippen molar-refractivity contribution < 1.29 is 22.7 Å². The lowest BCUT2D eigenvalue weighted by molar-refractivity contribution is -0.144. The summed E-state index contributed by atoms with van der Waals surface area (Å²) in [4.78, 5) is 26.8. The number of thiocyanates is 1. The second kappa shape index (κ2) is 9.02. The first kappa shape index (κ1) is 20.2. The highest BCUT2D eigenvalue weighted by atomic mass is 32.2. The van der Waals surface area contributed by atoms with E-state index in [1.165, 1.54) is 12.0 Å². The summed E-state index contributed by atoms with van der Waals surface area (Å²) in [7, 11) is -1.72. The van der Waals surface area contributed by atoms with Gasteiger partial charge in [-0.3, -0.25) is 9.59 Å². The quantitative estimate of drug-likeness (QED) is 0.430. The molecule has 0 aromatic heterocycles. The van der Waals surface area contributed by atoms with Crippen molar-refractivity contribution in [2.24, 2.45) is 0 Å². The lowest BCUT2D eigenvalue weighted by Gasteiger charge is -2.27. The summed E-state index contributed by atoms with van der Waals surface area (Å²) in [5, 5.41) is 13.1. The van der Waals surface area contributed by atoms with Crippen molar-refractivity contribution in [3.8, 4) is 5.40 Å². The predicted octanol–water partition coefficient (Wildman–Crippen LogP) is 0.860. The van der Waals surface area contributed by atoms with Crippen LogP contribution >= 0.6 is 11.8 Å². The fourth-order valence-corrected chi connectivity index (χ4v) is 4.74. The molecular weight excluding hydrogens is 378 g/mol. The Hall–Kier alpha value is -2.09. The second-order valence-corrected chi connectivity index (χ2v) is 8.81. The van der Waals surface area contributed by atoms with Gasteiger partial charge in [0.05, 0.1) is 18.1 Å². The molecule has 1 aromatic rings. The fraction of sp³-hybridized carbons (Fsp3) is 0.438. The highest BCUT2D eigenvalue weighted by Crippen LogP contribution is 2.20. The number of rotatable bonds is 6. The molecule has 2 amide bonds. The number of benzene rings is 1. The predicted molar refractivity (Wildman–Crippen MR) is 97.2 cm³/mol. The number of nitrogens with zero attached hydrogens (tertiary/aromatic N) is 2. The number of nitriles is 1. The van der Waals surface area contributed by atoms with E-state index in [0.29, 0.717) is 12.1 Å². The van der Waals surface area contributed by atoms with Gasteiger partial charge in [-0.25, -0.2) is 8.42 Å². The van der Waals surface area contributed by atoms with E-state index in [1.54, 1.807) is 24.3 Å². The zero-order valence-corrected chi connectivity index (χ0v) is 15.8. The maximum atomic E-state index is 12.5. The Morgan fingerprint density at radius 3 is 2.62 bits per heavy atom. The molecule has 10 heteroatoms. The number of hydrogen-bond acceptors (Lipinski definition) is 7. The Labute approximate surface area is 156 Å². The molecule has 1 heterocycles. The topological polar surface area (TPSA) is 117 Å². The van der Waals surface area contributed by atoms with Crippen LogP contribution < -0.4 is 5.32 Å². The lowest BCUT2D eigenvalue weighted by atomic mass is 10.2. The minimum atomic E-state index is -3.19. The Kier molecular flexibility index (Phi) is 7.02. The van der Waals surface area contributed by atoms with E-state index in [9.17, 15) is 18.0 Å². The summed E-state index contributed by atoms with van der Waals surface area (Å²) in [6.45, 7) is 0.344. The van der Waals surface area contributed by atoms with Crippen molar-refractivity contribution >= 4 is 39.1 Å². The highest BCUT2D eigenvalue weighted by Gasteiger charge is 2.36. The largest absolute Gasteiger partial charge is 0.383 e. The average molecular weight is 397 g/mol. The number of ether oxygens (including phenoxy) is 1. The van der Waals surface area contributed by atoms with E-state index >= 15 is 0 Å². The summed E-state index contributed by atoms with van der Waals surface area (Å²) in [5.41, 5.74) is 0.413. The number of sulfone groups is 1. The van der Waals surface area contributed by atoms with E-state index in [4.69, 9.17) is 10.00 Å². The third-order valence-corrected chi connectivity index (χ3v) is 6.27. The molecule has 8 nitrogen and oxygen atoms in total. The van der Waals surface area contributed by atoms with Crippen LogP contribution in [-0.4, -0.2) is 62.9 Å². The van der Waals surface area contributed by atoms with Gasteiger partial charge in [0.25, 0.3) is 0 Å². The number of thioether (sulfide) groups is 1. The minimum absolute atomic E-state index is 0.00801. The van der Waals surface area contributed by atoms with Gasteiger partial charge in [-0.15, -0.1) is 0 Å². The summed E-state index contributed by atoms with van der Waals surface area (Å²) in [5.74, 6) is -1.77. The van der Waals surface area contributed by atoms with Crippen LogP contribution in [0.5, 0.6) is 0 Å². The van der Waals surface area contributed by atoms with Gasteiger partial charge < -0.3 is 15.0 Å². The molecule has 1 atom stereocenters. The Morgan fingerprint density at radius 2 is 2.08 bits per heavy atom. The molecular formula is C16H19N3O5S2. The van der Waals surface area contributed by atoms with Crippen molar-refractivity contribution in [1.29, 1.82) is 5.26 Å². The van der Waals surface area contributed by atoms with Crippen LogP contribution in [-0.2, 0) is 24.2 Å². The number of methoxy groups -OCH3 is 1. The molecule has 140 valence electrons. The van der Waals surface area contributed by atoms with Crippen molar-refractivity contribution in [3.63, 3.8) is 0 Å². The Morgan fingerprint density at radius 1 is 1.38 bits per heavy atom. The summed E-state index contributed by atoms with van der Waals surface area (Å²) in [6, 6.07) is 5.96. The second-order valence-electron chi connectivity index (χ2n) is 5.72. The average Bonchev–Trinajstić information content (AvgIpc) is 2.96. The molecule has 1 N–H and O–H groups in total. The number of nitrogens with one attached hydrogen (secondary N) is 1. The van der Waals surface area contributed by atoms with Crippen molar-refractivity contribution in [1.82, 2.24) is 4.90 Å². The van der Waals surface area contributed by atoms with Crippen LogP contribution in [0, 0.1) is 10.7 Å². The molecule has 1 aliphatic rings. The molecule has 0 saturated carbocycles. The lowest BCUT2D eigenvalue weighted by Crippen LogP contribution is -2.47. The van der Waals surface area contributed by atoms with Crippen LogP contribution in [0.15, 0.2) is 29.2 Å². The zero-order chi connectivity index (χ0) is 19.2. The number of carbonyl (C=O) groups is 2. The van der Waals surface area contributed by atoms with E-state index in [0.717, 1.165) is 16.7 Å². The van der Waals surface area contributed by atoms with Crippen molar-refractivity contribution in [2.75, 3.05) is 37.1 Å². The first-order chi connectivity index (χ1) is 12.4. The third-order valence-electron chi connectivity index (χ3n) is 3.92. The van der Waals surface area contributed by atoms with Gasteiger partial charge in [-0.1, -0.05) is 0 Å². The molecule has 1 aliphatic heterocycles. The SMILES string of the molecule is COCCN(C(=O)C(=O)Nc1ccc(SC#N)cc1)C1CCS(=O)(=O)C1. The number of carbonyl (C=O) groups excluding carboxylic acids is 2. The van der Waals surface area contributed by atoms with E-state index < -0.39 is 27.7 Å². The fourth-order valence-electron chi connectivity index (χ4n) is 2.63. The van der Waals surface area contributed by atoms with Crippen LogP contribution in [0.25, 0.3) is 0 Å². The van der Waals surface area contributed by atoms with E-state index in [1.807, 2.05) is 5.40 Å². The van der Waals surface area contributed by atoms with Gasteiger partial charge in [0, 0.05) is 30.3 Å². The van der Waals surface area contributed by atoms with Gasteiger partial charge in [-0.2, -0.15) is 5.26 Å². The van der Waals surface area contributed by atoms with Crippen LogP contribution in [0.3, 0.4) is 0 Å². The zero-order valence-electron chi connectivity index (χ0n) is 14.2. The Balaban J connectivity index is 2.06. The summed E-state index contributed by atoms with van der Waals surface area (Å²) in [6.07, 6.45) is 0.311. The van der Waals surface area contributed by atoms with Gasteiger partial charge in [0.1, 0.15) is 5.40 Å². The first-order valence-electron chi connectivity index (χ1n) is 7.83. The van der Waals surface area contributed by atoms with Crippen LogP contribution in [0.4, 0.5) is 5.69 Å².